The first-order chi connectivity index (χ1) is 15.1. The van der Waals surface area contributed by atoms with Crippen molar-refractivity contribution >= 4 is 0 Å². The molecule has 1 unspecified atom stereocenters. The molecule has 3 nitrogen and oxygen atoms in total. The molecule has 0 aromatic carbocycles. The van der Waals surface area contributed by atoms with Gasteiger partial charge in [0.15, 0.2) is 0 Å². The van der Waals surface area contributed by atoms with Crippen molar-refractivity contribution in [1.82, 2.24) is 0 Å². The lowest BCUT2D eigenvalue weighted by Crippen LogP contribution is -2.32. The third-order valence-electron chi connectivity index (χ3n) is 9.00. The van der Waals surface area contributed by atoms with Gasteiger partial charge in [-0.25, -0.2) is 0 Å². The average molecular weight is 443 g/mol. The molecule has 0 aliphatic heterocycles. The van der Waals surface area contributed by atoms with E-state index in [-0.39, 0.29) is 5.41 Å². The molecule has 3 heteroatoms. The molecule has 0 spiro atoms. The maximum atomic E-state index is 10.6. The molecular formula is C29H46O3. The molecule has 32 heavy (non-hydrogen) atoms. The Morgan fingerprint density at radius 1 is 1.25 bits per heavy atom. The highest BCUT2D eigenvalue weighted by Crippen LogP contribution is 2.57. The van der Waals surface area contributed by atoms with Crippen LogP contribution in [0.3, 0.4) is 0 Å². The number of allylic oxidation sites excluding steroid dienone is 5. The molecule has 3 aliphatic carbocycles. The van der Waals surface area contributed by atoms with E-state index in [1.165, 1.54) is 18.4 Å². The molecule has 180 valence electrons. The van der Waals surface area contributed by atoms with Gasteiger partial charge in [-0.1, -0.05) is 70.1 Å². The summed E-state index contributed by atoms with van der Waals surface area (Å²) in [5, 5.41) is 30.8. The second-order valence-corrected chi connectivity index (χ2v) is 11.0. The Morgan fingerprint density at radius 2 is 1.97 bits per heavy atom. The summed E-state index contributed by atoms with van der Waals surface area (Å²) < 4.78 is 0. The molecule has 3 aliphatic rings. The number of hydrogen-bond donors (Lipinski definition) is 3. The fraction of sp³-hybridized carbons (Fsp3) is 0.724. The molecule has 5 atom stereocenters. The smallest absolute Gasteiger partial charge is 0.0811 e. The number of hydrogen-bond acceptors (Lipinski definition) is 3. The van der Waals surface area contributed by atoms with E-state index in [1.54, 1.807) is 5.57 Å². The summed E-state index contributed by atoms with van der Waals surface area (Å²) >= 11 is 0. The quantitative estimate of drug-likeness (QED) is 0.381. The van der Waals surface area contributed by atoms with Crippen molar-refractivity contribution in [3.63, 3.8) is 0 Å². The summed E-state index contributed by atoms with van der Waals surface area (Å²) in [6.07, 6.45) is 16.3. The SMILES string of the molecule is C=C1/C(=C\C=C2/CCC[C@]3(C)C([C@@H](C)CCCC(O)(CC)CC)=CCC23)C[C@@H](O)C[C@@H]1O. The molecule has 0 saturated heterocycles. The van der Waals surface area contributed by atoms with Gasteiger partial charge in [0, 0.05) is 6.42 Å². The van der Waals surface area contributed by atoms with Crippen LogP contribution < -0.4 is 0 Å². The number of aliphatic hydroxyl groups is 3. The molecule has 0 aromatic heterocycles. The van der Waals surface area contributed by atoms with E-state index >= 15 is 0 Å². The van der Waals surface area contributed by atoms with Gasteiger partial charge in [-0.05, 0) is 86.2 Å². The van der Waals surface area contributed by atoms with Gasteiger partial charge in [-0.3, -0.25) is 0 Å². The fourth-order valence-electron chi connectivity index (χ4n) is 6.58. The lowest BCUT2D eigenvalue weighted by molar-refractivity contribution is 0.0204. The van der Waals surface area contributed by atoms with Crippen LogP contribution in [0.2, 0.25) is 0 Å². The van der Waals surface area contributed by atoms with Gasteiger partial charge in [0.05, 0.1) is 17.8 Å². The number of rotatable bonds is 8. The minimum Gasteiger partial charge on any atom is -0.393 e. The lowest BCUT2D eigenvalue weighted by atomic mass is 9.62. The molecular weight excluding hydrogens is 396 g/mol. The van der Waals surface area contributed by atoms with Crippen LogP contribution in [0.1, 0.15) is 98.3 Å². The highest BCUT2D eigenvalue weighted by atomic mass is 16.3. The first-order valence-electron chi connectivity index (χ1n) is 13.0. The summed E-state index contributed by atoms with van der Waals surface area (Å²) in [7, 11) is 0. The van der Waals surface area contributed by atoms with Crippen molar-refractivity contribution in [3.05, 3.63) is 47.1 Å². The first-order valence-corrected chi connectivity index (χ1v) is 13.0. The van der Waals surface area contributed by atoms with Gasteiger partial charge in [0.2, 0.25) is 0 Å². The van der Waals surface area contributed by atoms with E-state index in [1.807, 2.05) is 0 Å². The Morgan fingerprint density at radius 3 is 2.66 bits per heavy atom. The fourth-order valence-corrected chi connectivity index (χ4v) is 6.58. The van der Waals surface area contributed by atoms with E-state index in [9.17, 15) is 15.3 Å². The van der Waals surface area contributed by atoms with Crippen molar-refractivity contribution in [2.24, 2.45) is 17.3 Å². The molecule has 3 rings (SSSR count). The van der Waals surface area contributed by atoms with Crippen LogP contribution in [0.25, 0.3) is 0 Å². The molecule has 0 heterocycles. The first kappa shape index (κ1) is 25.5. The van der Waals surface area contributed by atoms with Crippen LogP contribution in [0.15, 0.2) is 47.1 Å². The highest BCUT2D eigenvalue weighted by molar-refractivity contribution is 5.40. The van der Waals surface area contributed by atoms with Crippen LogP contribution >= 0.6 is 0 Å². The molecule has 2 saturated carbocycles. The van der Waals surface area contributed by atoms with Crippen LogP contribution in [0.5, 0.6) is 0 Å². The normalized spacial score (nSPS) is 34.7. The largest absolute Gasteiger partial charge is 0.393 e. The predicted molar refractivity (Wildman–Crippen MR) is 133 cm³/mol. The Hall–Kier alpha value is -1.16. The zero-order chi connectivity index (χ0) is 23.5. The standard InChI is InChI=1S/C29H46O3/c1-6-29(32,7-2)17-8-10-20(3)25-14-15-26-22(11-9-16-28(25,26)5)12-13-23-18-24(30)19-27(31)21(23)4/h12-14,20,24,26-27,30-32H,4,6-11,15-19H2,1-3,5H3/b22-12+,23-13-/t20-,24+,26?,27-,28+/m0/s1. The van der Waals surface area contributed by atoms with Crippen molar-refractivity contribution in [2.75, 3.05) is 0 Å². The topological polar surface area (TPSA) is 60.7 Å². The van der Waals surface area contributed by atoms with Gasteiger partial charge in [-0.15, -0.1) is 0 Å². The summed E-state index contributed by atoms with van der Waals surface area (Å²) in [6.45, 7) is 13.1. The van der Waals surface area contributed by atoms with Crippen molar-refractivity contribution in [2.45, 2.75) is 116 Å². The summed E-state index contributed by atoms with van der Waals surface area (Å²) in [5.41, 5.74) is 4.65. The van der Waals surface area contributed by atoms with Crippen LogP contribution in [0.4, 0.5) is 0 Å². The summed E-state index contributed by atoms with van der Waals surface area (Å²) in [4.78, 5) is 0. The minimum atomic E-state index is -0.626. The van der Waals surface area contributed by atoms with Crippen molar-refractivity contribution in [1.29, 1.82) is 0 Å². The Bertz CT molecular complexity index is 769. The summed E-state index contributed by atoms with van der Waals surface area (Å²) in [5.74, 6) is 1.12. The predicted octanol–water partition coefficient (Wildman–Crippen LogP) is 6.41. The van der Waals surface area contributed by atoms with Gasteiger partial charge in [-0.2, -0.15) is 0 Å². The molecule has 3 N–H and O–H groups in total. The van der Waals surface area contributed by atoms with Crippen LogP contribution in [0, 0.1) is 17.3 Å². The van der Waals surface area contributed by atoms with Crippen molar-refractivity contribution in [3.8, 4) is 0 Å². The van der Waals surface area contributed by atoms with E-state index in [4.69, 9.17) is 0 Å². The van der Waals surface area contributed by atoms with E-state index < -0.39 is 17.8 Å². The second-order valence-electron chi connectivity index (χ2n) is 11.0. The Labute approximate surface area is 196 Å². The third kappa shape index (κ3) is 5.32. The third-order valence-corrected chi connectivity index (χ3v) is 9.00. The zero-order valence-corrected chi connectivity index (χ0v) is 20.9. The molecule has 0 radical (unpaired) electrons. The minimum absolute atomic E-state index is 0.233. The lowest BCUT2D eigenvalue weighted by Gasteiger charge is -2.42. The summed E-state index contributed by atoms with van der Waals surface area (Å²) in [6, 6.07) is 0. The van der Waals surface area contributed by atoms with Gasteiger partial charge in [0.25, 0.3) is 0 Å². The van der Waals surface area contributed by atoms with Gasteiger partial charge in [0.1, 0.15) is 0 Å². The van der Waals surface area contributed by atoms with Gasteiger partial charge >= 0.3 is 0 Å². The molecule has 0 bridgehead atoms. The number of aliphatic hydroxyl groups excluding tert-OH is 2. The highest BCUT2D eigenvalue weighted by Gasteiger charge is 2.45. The maximum Gasteiger partial charge on any atom is 0.0811 e. The molecule has 0 amide bonds. The molecule has 2 fully saturated rings. The van der Waals surface area contributed by atoms with E-state index in [2.05, 4.69) is 52.5 Å². The monoisotopic (exact) mass is 442 g/mol. The van der Waals surface area contributed by atoms with Crippen LogP contribution in [-0.4, -0.2) is 33.1 Å². The Balaban J connectivity index is 1.68. The van der Waals surface area contributed by atoms with E-state index in [0.717, 1.165) is 56.1 Å². The van der Waals surface area contributed by atoms with E-state index in [0.29, 0.717) is 24.7 Å². The van der Waals surface area contributed by atoms with Crippen LogP contribution in [-0.2, 0) is 0 Å². The second kappa shape index (κ2) is 10.4. The molecule has 0 aromatic rings. The average Bonchev–Trinajstić information content (AvgIpc) is 3.12. The Kier molecular flexibility index (Phi) is 8.28. The maximum absolute atomic E-state index is 10.6. The van der Waals surface area contributed by atoms with Gasteiger partial charge < -0.3 is 15.3 Å². The number of fused-ring (bicyclic) bond motifs is 1. The van der Waals surface area contributed by atoms with Crippen molar-refractivity contribution < 1.29 is 15.3 Å². The zero-order valence-electron chi connectivity index (χ0n) is 20.9.